The molecule has 0 saturated heterocycles. The van der Waals surface area contributed by atoms with Crippen molar-refractivity contribution in [3.63, 3.8) is 0 Å². The van der Waals surface area contributed by atoms with Crippen LogP contribution in [0.15, 0.2) is 18.2 Å². The molecule has 0 spiro atoms. The molecule has 0 fully saturated rings. The van der Waals surface area contributed by atoms with Crippen molar-refractivity contribution >= 4 is 16.7 Å². The van der Waals surface area contributed by atoms with Crippen LogP contribution < -0.4 is 5.32 Å². The number of nitrogens with one attached hydrogen (secondary N) is 2. The zero-order valence-corrected chi connectivity index (χ0v) is 12.8. The largest absolute Gasteiger partial charge is 0.380 e. The number of imidazole rings is 1. The van der Waals surface area contributed by atoms with Gasteiger partial charge in [-0.05, 0) is 18.2 Å². The first kappa shape index (κ1) is 14.8. The zero-order valence-electron chi connectivity index (χ0n) is 12.8. The van der Waals surface area contributed by atoms with E-state index >= 15 is 0 Å². The average Bonchev–Trinajstić information content (AvgIpc) is 2.83. The van der Waals surface area contributed by atoms with E-state index in [0.29, 0.717) is 6.54 Å². The molecule has 0 aliphatic carbocycles. The molecule has 1 aromatic heterocycles. The van der Waals surface area contributed by atoms with E-state index in [0.717, 1.165) is 22.5 Å². The van der Waals surface area contributed by atoms with Gasteiger partial charge in [-0.2, -0.15) is 0 Å². The van der Waals surface area contributed by atoms with E-state index in [2.05, 4.69) is 42.1 Å². The van der Waals surface area contributed by atoms with Crippen LogP contribution in [0.1, 0.15) is 26.6 Å². The van der Waals surface area contributed by atoms with Gasteiger partial charge < -0.3 is 19.8 Å². The van der Waals surface area contributed by atoms with E-state index in [4.69, 9.17) is 9.47 Å². The Morgan fingerprint density at radius 1 is 1.25 bits per heavy atom. The number of hydrogen-bond donors (Lipinski definition) is 2. The first-order valence-corrected chi connectivity index (χ1v) is 6.73. The second-order valence-electron chi connectivity index (χ2n) is 5.85. The van der Waals surface area contributed by atoms with Gasteiger partial charge in [0.05, 0.1) is 17.6 Å². The number of nitrogens with zero attached hydrogens (tertiary/aromatic N) is 1. The maximum absolute atomic E-state index is 5.15. The van der Waals surface area contributed by atoms with Crippen LogP contribution >= 0.6 is 0 Å². The SMILES string of the molecule is COC(CNc1ccc2nc(C(C)(C)C)[nH]c2c1)OC. The number of fused-ring (bicyclic) bond motifs is 1. The van der Waals surface area contributed by atoms with Gasteiger partial charge in [0.2, 0.25) is 0 Å². The first-order chi connectivity index (χ1) is 9.44. The Bertz CT molecular complexity index is 568. The van der Waals surface area contributed by atoms with Crippen molar-refractivity contribution in [2.45, 2.75) is 32.5 Å². The van der Waals surface area contributed by atoms with E-state index in [1.54, 1.807) is 14.2 Å². The molecule has 0 radical (unpaired) electrons. The highest BCUT2D eigenvalue weighted by Crippen LogP contribution is 2.24. The third-order valence-electron chi connectivity index (χ3n) is 3.19. The highest BCUT2D eigenvalue weighted by molar-refractivity contribution is 5.79. The predicted molar refractivity (Wildman–Crippen MR) is 81.1 cm³/mol. The van der Waals surface area contributed by atoms with Gasteiger partial charge in [-0.25, -0.2) is 4.98 Å². The van der Waals surface area contributed by atoms with Gasteiger partial charge in [0, 0.05) is 25.3 Å². The van der Waals surface area contributed by atoms with E-state index in [-0.39, 0.29) is 11.7 Å². The Hall–Kier alpha value is -1.59. The van der Waals surface area contributed by atoms with Crippen molar-refractivity contribution in [1.29, 1.82) is 0 Å². The highest BCUT2D eigenvalue weighted by Gasteiger charge is 2.18. The van der Waals surface area contributed by atoms with Gasteiger partial charge >= 0.3 is 0 Å². The molecule has 2 aromatic rings. The molecule has 20 heavy (non-hydrogen) atoms. The minimum atomic E-state index is -0.252. The summed E-state index contributed by atoms with van der Waals surface area (Å²) in [5.74, 6) is 0.997. The number of hydrogen-bond acceptors (Lipinski definition) is 4. The Labute approximate surface area is 119 Å². The average molecular weight is 277 g/mol. The molecule has 2 N–H and O–H groups in total. The molecular weight excluding hydrogens is 254 g/mol. The fourth-order valence-electron chi connectivity index (χ4n) is 1.94. The second-order valence-corrected chi connectivity index (χ2v) is 5.85. The van der Waals surface area contributed by atoms with Crippen molar-refractivity contribution in [2.75, 3.05) is 26.1 Å². The molecule has 5 nitrogen and oxygen atoms in total. The number of anilines is 1. The minimum absolute atomic E-state index is 0.0177. The summed E-state index contributed by atoms with van der Waals surface area (Å²) in [6.07, 6.45) is -0.252. The Morgan fingerprint density at radius 3 is 2.55 bits per heavy atom. The fraction of sp³-hybridized carbons (Fsp3) is 0.533. The van der Waals surface area contributed by atoms with Crippen molar-refractivity contribution in [3.05, 3.63) is 24.0 Å². The third-order valence-corrected chi connectivity index (χ3v) is 3.19. The molecule has 1 aromatic carbocycles. The number of H-pyrrole nitrogens is 1. The monoisotopic (exact) mass is 277 g/mol. The molecule has 5 heteroatoms. The normalized spacial score (nSPS) is 12.3. The lowest BCUT2D eigenvalue weighted by Gasteiger charge is -2.14. The first-order valence-electron chi connectivity index (χ1n) is 6.73. The van der Waals surface area contributed by atoms with E-state index in [1.807, 2.05) is 12.1 Å². The van der Waals surface area contributed by atoms with Crippen LogP contribution in [0.4, 0.5) is 5.69 Å². The standard InChI is InChI=1S/C15H23N3O2/c1-15(2,3)14-17-11-7-6-10(8-12(11)18-14)16-9-13(19-4)20-5/h6-8,13,16H,9H2,1-5H3,(H,17,18). The minimum Gasteiger partial charge on any atom is -0.380 e. The second kappa shape index (κ2) is 5.81. The number of aromatic nitrogens is 2. The fourth-order valence-corrected chi connectivity index (χ4v) is 1.94. The summed E-state index contributed by atoms with van der Waals surface area (Å²) in [7, 11) is 3.26. The topological polar surface area (TPSA) is 59.2 Å². The molecule has 0 bridgehead atoms. The summed E-state index contributed by atoms with van der Waals surface area (Å²) in [6, 6.07) is 6.08. The predicted octanol–water partition coefficient (Wildman–Crippen LogP) is 2.89. The van der Waals surface area contributed by atoms with Crippen LogP contribution in [-0.2, 0) is 14.9 Å². The van der Waals surface area contributed by atoms with Gasteiger partial charge in [-0.1, -0.05) is 20.8 Å². The van der Waals surface area contributed by atoms with Gasteiger partial charge in [0.25, 0.3) is 0 Å². The van der Waals surface area contributed by atoms with Gasteiger partial charge in [-0.3, -0.25) is 0 Å². The smallest absolute Gasteiger partial charge is 0.173 e. The summed E-state index contributed by atoms with van der Waals surface area (Å²) < 4.78 is 10.3. The Kier molecular flexibility index (Phi) is 4.30. The molecule has 2 rings (SSSR count). The Balaban J connectivity index is 2.17. The van der Waals surface area contributed by atoms with Crippen LogP contribution in [0.3, 0.4) is 0 Å². The number of aromatic amines is 1. The maximum Gasteiger partial charge on any atom is 0.173 e. The summed E-state index contributed by atoms with van der Waals surface area (Å²) in [5, 5.41) is 3.29. The molecule has 0 atom stereocenters. The van der Waals surface area contributed by atoms with Crippen molar-refractivity contribution in [3.8, 4) is 0 Å². The van der Waals surface area contributed by atoms with Crippen LogP contribution in [-0.4, -0.2) is 37.0 Å². The molecular formula is C15H23N3O2. The molecule has 110 valence electrons. The van der Waals surface area contributed by atoms with Crippen LogP contribution in [0.5, 0.6) is 0 Å². The lowest BCUT2D eigenvalue weighted by Crippen LogP contribution is -2.23. The lowest BCUT2D eigenvalue weighted by molar-refractivity contribution is -0.0914. The van der Waals surface area contributed by atoms with E-state index in [9.17, 15) is 0 Å². The lowest BCUT2D eigenvalue weighted by atomic mass is 9.96. The summed E-state index contributed by atoms with van der Waals surface area (Å²) in [4.78, 5) is 8.00. The van der Waals surface area contributed by atoms with E-state index in [1.165, 1.54) is 0 Å². The Morgan fingerprint density at radius 2 is 1.95 bits per heavy atom. The molecule has 0 aliphatic rings. The number of benzene rings is 1. The third kappa shape index (κ3) is 3.29. The van der Waals surface area contributed by atoms with Crippen molar-refractivity contribution in [1.82, 2.24) is 9.97 Å². The number of methoxy groups -OCH3 is 2. The quantitative estimate of drug-likeness (QED) is 0.825. The highest BCUT2D eigenvalue weighted by atomic mass is 16.7. The van der Waals surface area contributed by atoms with Crippen LogP contribution in [0.25, 0.3) is 11.0 Å². The van der Waals surface area contributed by atoms with Crippen LogP contribution in [0, 0.1) is 0 Å². The zero-order chi connectivity index (χ0) is 14.8. The van der Waals surface area contributed by atoms with Crippen LogP contribution in [0.2, 0.25) is 0 Å². The molecule has 0 saturated carbocycles. The van der Waals surface area contributed by atoms with Gasteiger partial charge in [-0.15, -0.1) is 0 Å². The number of rotatable bonds is 5. The summed E-state index contributed by atoms with van der Waals surface area (Å²) in [6.45, 7) is 7.03. The maximum atomic E-state index is 5.15. The van der Waals surface area contributed by atoms with Crippen molar-refractivity contribution < 1.29 is 9.47 Å². The molecule has 0 aliphatic heterocycles. The van der Waals surface area contributed by atoms with Crippen molar-refractivity contribution in [2.24, 2.45) is 0 Å². The van der Waals surface area contributed by atoms with Gasteiger partial charge in [0.15, 0.2) is 6.29 Å². The summed E-state index contributed by atoms with van der Waals surface area (Å²) in [5.41, 5.74) is 3.05. The molecule has 0 amide bonds. The molecule has 1 heterocycles. The molecule has 0 unspecified atom stereocenters. The van der Waals surface area contributed by atoms with E-state index < -0.39 is 0 Å². The summed E-state index contributed by atoms with van der Waals surface area (Å²) >= 11 is 0. The number of ether oxygens (including phenoxy) is 2. The van der Waals surface area contributed by atoms with Gasteiger partial charge in [0.1, 0.15) is 5.82 Å².